The summed E-state index contributed by atoms with van der Waals surface area (Å²) in [6.45, 7) is 0.973. The summed E-state index contributed by atoms with van der Waals surface area (Å²) in [5.41, 5.74) is 1.35. The Hall–Kier alpha value is -1.75. The van der Waals surface area contributed by atoms with Gasteiger partial charge in [0.1, 0.15) is 5.69 Å². The Morgan fingerprint density at radius 1 is 1.24 bits per heavy atom. The first kappa shape index (κ1) is 13.0. The molecule has 1 aromatic heterocycles. The van der Waals surface area contributed by atoms with Gasteiger partial charge in [-0.15, -0.1) is 0 Å². The van der Waals surface area contributed by atoms with Gasteiger partial charge in [0, 0.05) is 30.0 Å². The number of halogens is 4. The van der Waals surface area contributed by atoms with Gasteiger partial charge < -0.3 is 4.90 Å². The highest BCUT2D eigenvalue weighted by atomic mass is 35.5. The van der Waals surface area contributed by atoms with Crippen LogP contribution in [0.1, 0.15) is 18.2 Å². The molecular formula is C15H12ClF3N2. The molecule has 0 atom stereocenters. The highest BCUT2D eigenvalue weighted by molar-refractivity contribution is 6.30. The smallest absolute Gasteiger partial charge is 0.367 e. The molecule has 21 heavy (non-hydrogen) atoms. The van der Waals surface area contributed by atoms with Gasteiger partial charge in [-0.05, 0) is 41.8 Å². The van der Waals surface area contributed by atoms with Crippen molar-refractivity contribution in [3.63, 3.8) is 0 Å². The molecule has 0 bridgehead atoms. The van der Waals surface area contributed by atoms with Crippen LogP contribution >= 0.6 is 11.6 Å². The van der Waals surface area contributed by atoms with E-state index < -0.39 is 11.9 Å². The van der Waals surface area contributed by atoms with Crippen molar-refractivity contribution in [3.8, 4) is 0 Å². The van der Waals surface area contributed by atoms with Crippen molar-refractivity contribution in [2.75, 3.05) is 11.4 Å². The van der Waals surface area contributed by atoms with Crippen LogP contribution in [0, 0.1) is 0 Å². The molecule has 0 saturated heterocycles. The number of nitrogens with zero attached hydrogens (tertiary/aromatic N) is 2. The lowest BCUT2D eigenvalue weighted by Gasteiger charge is -2.31. The Morgan fingerprint density at radius 2 is 2.05 bits per heavy atom. The molecule has 0 saturated carbocycles. The second kappa shape index (κ2) is 5.22. The van der Waals surface area contributed by atoms with Gasteiger partial charge in [0.05, 0.1) is 1.37 Å². The van der Waals surface area contributed by atoms with Crippen molar-refractivity contribution in [2.45, 2.75) is 19.1 Å². The molecular weight excluding hydrogens is 301 g/mol. The van der Waals surface area contributed by atoms with Gasteiger partial charge in [-0.1, -0.05) is 17.6 Å². The van der Waals surface area contributed by atoms with Gasteiger partial charge >= 0.3 is 6.18 Å². The molecule has 1 aromatic carbocycles. The zero-order valence-corrected chi connectivity index (χ0v) is 11.7. The van der Waals surface area contributed by atoms with Crippen LogP contribution in [0.3, 0.4) is 0 Å². The standard InChI is InChI=1S/C15H12ClF3N2/c16-12-2-1-11-9-21(6-4-10(11)7-12)13-3-5-20-14(8-13)15(17,18)19/h1-3,5,7-8H,4,6,9H2/i1D. The van der Waals surface area contributed by atoms with Crippen LogP contribution in [0.5, 0.6) is 0 Å². The molecule has 0 radical (unpaired) electrons. The molecule has 0 spiro atoms. The van der Waals surface area contributed by atoms with E-state index in [2.05, 4.69) is 4.98 Å². The highest BCUT2D eigenvalue weighted by Gasteiger charge is 2.33. The van der Waals surface area contributed by atoms with Crippen LogP contribution in [0.25, 0.3) is 0 Å². The molecule has 2 aromatic rings. The van der Waals surface area contributed by atoms with E-state index in [0.717, 1.165) is 23.4 Å². The minimum absolute atomic E-state index is 0.317. The normalized spacial score (nSPS) is 15.6. The summed E-state index contributed by atoms with van der Waals surface area (Å²) in [4.78, 5) is 5.20. The fourth-order valence-electron chi connectivity index (χ4n) is 2.43. The summed E-state index contributed by atoms with van der Waals surface area (Å²) >= 11 is 5.94. The summed E-state index contributed by atoms with van der Waals surface area (Å²) in [6.07, 6.45) is -2.65. The van der Waals surface area contributed by atoms with E-state index in [9.17, 15) is 13.2 Å². The highest BCUT2D eigenvalue weighted by Crippen LogP contribution is 2.31. The van der Waals surface area contributed by atoms with E-state index in [-0.39, 0.29) is 0 Å². The molecule has 0 amide bonds. The van der Waals surface area contributed by atoms with Crippen molar-refractivity contribution >= 4 is 17.3 Å². The lowest BCUT2D eigenvalue weighted by atomic mass is 9.99. The Labute approximate surface area is 126 Å². The summed E-state index contributed by atoms with van der Waals surface area (Å²) in [6, 6.07) is 6.29. The van der Waals surface area contributed by atoms with Gasteiger partial charge in [0.2, 0.25) is 0 Å². The van der Waals surface area contributed by atoms with Crippen molar-refractivity contribution in [3.05, 3.63) is 58.3 Å². The molecule has 3 rings (SSSR count). The van der Waals surface area contributed by atoms with E-state index >= 15 is 0 Å². The third-order valence-electron chi connectivity index (χ3n) is 3.48. The molecule has 0 aliphatic carbocycles. The summed E-state index contributed by atoms with van der Waals surface area (Å²) < 4.78 is 46.3. The topological polar surface area (TPSA) is 16.1 Å². The Balaban J connectivity index is 1.92. The zero-order valence-electron chi connectivity index (χ0n) is 11.9. The van der Waals surface area contributed by atoms with Crippen LogP contribution in [0.4, 0.5) is 18.9 Å². The van der Waals surface area contributed by atoms with E-state index in [1.54, 1.807) is 12.1 Å². The Bertz CT molecular complexity index is 718. The average Bonchev–Trinajstić information content (AvgIpc) is 2.46. The predicted octanol–water partition coefficient (Wildman–Crippen LogP) is 4.32. The number of rotatable bonds is 1. The van der Waals surface area contributed by atoms with Crippen LogP contribution in [-0.4, -0.2) is 11.5 Å². The SMILES string of the molecule is [2H]c1cc(Cl)cc2c1CN(c1ccnc(C(F)(F)F)c1)CC2. The minimum Gasteiger partial charge on any atom is -0.367 e. The van der Waals surface area contributed by atoms with E-state index in [1.807, 2.05) is 11.0 Å². The van der Waals surface area contributed by atoms with Crippen molar-refractivity contribution in [1.82, 2.24) is 4.98 Å². The monoisotopic (exact) mass is 313 g/mol. The van der Waals surface area contributed by atoms with Crippen LogP contribution in [0.15, 0.2) is 36.5 Å². The third kappa shape index (κ3) is 2.97. The summed E-state index contributed by atoms with van der Waals surface area (Å²) in [5, 5.41) is 0.514. The lowest BCUT2D eigenvalue weighted by molar-refractivity contribution is -0.141. The minimum atomic E-state index is -4.46. The molecule has 1 aliphatic heterocycles. The quantitative estimate of drug-likeness (QED) is 0.779. The third-order valence-corrected chi connectivity index (χ3v) is 3.70. The average molecular weight is 314 g/mol. The maximum atomic E-state index is 12.8. The maximum absolute atomic E-state index is 12.8. The first-order valence-electron chi connectivity index (χ1n) is 6.90. The van der Waals surface area contributed by atoms with Gasteiger partial charge in [0.15, 0.2) is 0 Å². The zero-order chi connectivity index (χ0) is 15.9. The second-order valence-electron chi connectivity index (χ2n) is 4.89. The lowest BCUT2D eigenvalue weighted by Crippen LogP contribution is -2.30. The fourth-order valence-corrected chi connectivity index (χ4v) is 2.62. The predicted molar refractivity (Wildman–Crippen MR) is 75.4 cm³/mol. The van der Waals surface area contributed by atoms with Crippen LogP contribution < -0.4 is 4.90 Å². The first-order chi connectivity index (χ1) is 10.3. The molecule has 110 valence electrons. The van der Waals surface area contributed by atoms with Crippen molar-refractivity contribution < 1.29 is 14.5 Å². The van der Waals surface area contributed by atoms with Crippen molar-refractivity contribution in [2.24, 2.45) is 0 Å². The van der Waals surface area contributed by atoms with Gasteiger partial charge in [-0.25, -0.2) is 0 Å². The molecule has 2 heterocycles. The summed E-state index contributed by atoms with van der Waals surface area (Å²) in [7, 11) is 0. The molecule has 1 aliphatic rings. The van der Waals surface area contributed by atoms with Gasteiger partial charge in [-0.2, -0.15) is 13.2 Å². The largest absolute Gasteiger partial charge is 0.433 e. The Morgan fingerprint density at radius 3 is 2.81 bits per heavy atom. The van der Waals surface area contributed by atoms with Gasteiger partial charge in [0.25, 0.3) is 0 Å². The molecule has 2 nitrogen and oxygen atoms in total. The number of aromatic nitrogens is 1. The van der Waals surface area contributed by atoms with E-state index in [0.29, 0.717) is 36.3 Å². The Kier molecular flexibility index (Phi) is 3.22. The van der Waals surface area contributed by atoms with Crippen LogP contribution in [-0.2, 0) is 19.1 Å². The number of hydrogen-bond donors (Lipinski definition) is 0. The number of fused-ring (bicyclic) bond motifs is 1. The number of anilines is 1. The molecule has 0 fully saturated rings. The van der Waals surface area contributed by atoms with Gasteiger partial charge in [-0.3, -0.25) is 4.98 Å². The van der Waals surface area contributed by atoms with Crippen molar-refractivity contribution in [1.29, 1.82) is 0 Å². The number of benzene rings is 1. The molecule has 6 heteroatoms. The first-order valence-corrected chi connectivity index (χ1v) is 6.78. The fraction of sp³-hybridized carbons (Fsp3) is 0.267. The second-order valence-corrected chi connectivity index (χ2v) is 5.33. The maximum Gasteiger partial charge on any atom is 0.433 e. The molecule has 0 N–H and O–H groups in total. The number of hydrogen-bond acceptors (Lipinski definition) is 2. The van der Waals surface area contributed by atoms with E-state index in [4.69, 9.17) is 13.0 Å². The molecule has 0 unspecified atom stereocenters. The van der Waals surface area contributed by atoms with Crippen LogP contribution in [0.2, 0.25) is 5.02 Å². The van der Waals surface area contributed by atoms with E-state index in [1.165, 1.54) is 0 Å². The number of pyridine rings is 1. The number of alkyl halides is 3. The summed E-state index contributed by atoms with van der Waals surface area (Å²) in [5.74, 6) is 0.